The molecule has 0 spiro atoms. The number of carbonyl (C=O) groups excluding carboxylic acids is 3. The second kappa shape index (κ2) is 11.9. The molecule has 0 saturated carbocycles. The van der Waals surface area contributed by atoms with Crippen LogP contribution in [-0.2, 0) is 14.3 Å². The lowest BCUT2D eigenvalue weighted by Gasteiger charge is -2.09. The van der Waals surface area contributed by atoms with Crippen molar-refractivity contribution in [1.82, 2.24) is 0 Å². The normalized spacial score (nSPS) is 9.97. The van der Waals surface area contributed by atoms with Crippen molar-refractivity contribution < 1.29 is 38.4 Å². The van der Waals surface area contributed by atoms with Crippen molar-refractivity contribution >= 4 is 17.9 Å². The lowest BCUT2D eigenvalue weighted by atomic mass is 10.2. The molecule has 2 rings (SSSR count). The topological polar surface area (TPSA) is 108 Å². The largest absolute Gasteiger partial charge is 0.493 e. The summed E-state index contributed by atoms with van der Waals surface area (Å²) in [6.07, 6.45) is 1.62. The zero-order chi connectivity index (χ0) is 22.6. The van der Waals surface area contributed by atoms with E-state index >= 15 is 0 Å². The molecule has 0 heterocycles. The molecule has 0 atom stereocenters. The molecule has 0 radical (unpaired) electrons. The van der Waals surface area contributed by atoms with Crippen LogP contribution in [0, 0.1) is 0 Å². The van der Waals surface area contributed by atoms with Crippen molar-refractivity contribution in [2.24, 2.45) is 0 Å². The molecule has 8 heteroatoms. The number of carbonyl (C=O) groups is 3. The second-order valence-electron chi connectivity index (χ2n) is 6.11. The van der Waals surface area contributed by atoms with Crippen molar-refractivity contribution in [3.8, 4) is 17.2 Å². The van der Waals surface area contributed by atoms with Crippen molar-refractivity contribution in [2.45, 2.75) is 6.42 Å². The zero-order valence-electron chi connectivity index (χ0n) is 16.7. The highest BCUT2D eigenvalue weighted by Gasteiger charge is 2.12. The summed E-state index contributed by atoms with van der Waals surface area (Å²) in [7, 11) is 0. The molecule has 162 valence electrons. The first-order valence-corrected chi connectivity index (χ1v) is 9.28. The molecule has 2 aromatic rings. The third-order valence-corrected chi connectivity index (χ3v) is 3.78. The molecule has 0 aliphatic rings. The smallest absolute Gasteiger partial charge is 0.343 e. The molecule has 0 aromatic heterocycles. The fourth-order valence-electron chi connectivity index (χ4n) is 2.15. The second-order valence-corrected chi connectivity index (χ2v) is 6.11. The highest BCUT2D eigenvalue weighted by Crippen LogP contribution is 2.20. The molecule has 0 bridgehead atoms. The number of hydrogen-bond acceptors (Lipinski definition) is 8. The minimum absolute atomic E-state index is 0.0768. The summed E-state index contributed by atoms with van der Waals surface area (Å²) in [6.45, 7) is 6.76. The lowest BCUT2D eigenvalue weighted by Crippen LogP contribution is -2.13. The molecule has 0 amide bonds. The van der Waals surface area contributed by atoms with Gasteiger partial charge in [0.15, 0.2) is 0 Å². The highest BCUT2D eigenvalue weighted by molar-refractivity contribution is 5.92. The number of benzene rings is 2. The van der Waals surface area contributed by atoms with Crippen LogP contribution >= 0.6 is 0 Å². The molecule has 8 nitrogen and oxygen atoms in total. The number of aliphatic hydroxyl groups is 1. The monoisotopic (exact) mass is 426 g/mol. The van der Waals surface area contributed by atoms with Gasteiger partial charge in [0.05, 0.1) is 31.0 Å². The Morgan fingerprint density at radius 2 is 1.45 bits per heavy atom. The summed E-state index contributed by atoms with van der Waals surface area (Å²) in [5.74, 6) is -0.711. The van der Waals surface area contributed by atoms with E-state index in [1.807, 2.05) is 0 Å². The summed E-state index contributed by atoms with van der Waals surface area (Å²) in [4.78, 5) is 34.7. The summed E-state index contributed by atoms with van der Waals surface area (Å²) in [5, 5.41) is 8.86. The Balaban J connectivity index is 1.81. The maximum Gasteiger partial charge on any atom is 0.343 e. The van der Waals surface area contributed by atoms with Gasteiger partial charge >= 0.3 is 17.9 Å². The average molecular weight is 426 g/mol. The van der Waals surface area contributed by atoms with Crippen molar-refractivity contribution in [1.29, 1.82) is 0 Å². The third kappa shape index (κ3) is 7.79. The quantitative estimate of drug-likeness (QED) is 0.253. The zero-order valence-corrected chi connectivity index (χ0v) is 16.7. The third-order valence-electron chi connectivity index (χ3n) is 3.78. The van der Waals surface area contributed by atoms with Crippen LogP contribution in [0.25, 0.3) is 0 Å². The molecule has 0 fully saturated rings. The van der Waals surface area contributed by atoms with E-state index in [0.29, 0.717) is 24.5 Å². The van der Waals surface area contributed by atoms with Crippen LogP contribution in [-0.4, -0.2) is 42.8 Å². The Bertz CT molecular complexity index is 929. The van der Waals surface area contributed by atoms with Crippen LogP contribution in [0.5, 0.6) is 17.2 Å². The molecule has 0 aliphatic carbocycles. The van der Waals surface area contributed by atoms with E-state index in [0.717, 1.165) is 6.08 Å². The van der Waals surface area contributed by atoms with E-state index in [4.69, 9.17) is 24.1 Å². The van der Waals surface area contributed by atoms with Gasteiger partial charge in [-0.05, 0) is 48.5 Å². The molecule has 0 unspecified atom stereocenters. The van der Waals surface area contributed by atoms with Gasteiger partial charge in [-0.25, -0.2) is 14.4 Å². The molecular formula is C23H22O8. The van der Waals surface area contributed by atoms with E-state index < -0.39 is 24.5 Å². The number of aliphatic hydroxyl groups excluding tert-OH is 1. The maximum atomic E-state index is 12.3. The predicted molar refractivity (Wildman–Crippen MR) is 111 cm³/mol. The van der Waals surface area contributed by atoms with Crippen LogP contribution in [0.3, 0.4) is 0 Å². The van der Waals surface area contributed by atoms with Crippen LogP contribution in [0.15, 0.2) is 73.3 Å². The highest BCUT2D eigenvalue weighted by atomic mass is 16.5. The minimum atomic E-state index is -0.752. The Morgan fingerprint density at radius 1 is 0.871 bits per heavy atom. The number of esters is 3. The average Bonchev–Trinajstić information content (AvgIpc) is 2.79. The Kier molecular flexibility index (Phi) is 9.00. The van der Waals surface area contributed by atoms with Gasteiger partial charge in [-0.2, -0.15) is 0 Å². The van der Waals surface area contributed by atoms with E-state index in [-0.39, 0.29) is 23.5 Å². The van der Waals surface area contributed by atoms with E-state index in [2.05, 4.69) is 13.2 Å². The lowest BCUT2D eigenvalue weighted by molar-refractivity contribution is -0.138. The first-order valence-electron chi connectivity index (χ1n) is 9.28. The summed E-state index contributed by atoms with van der Waals surface area (Å²) in [6, 6.07) is 12.2. The Hall–Kier alpha value is -3.91. The molecule has 1 N–H and O–H groups in total. The first-order chi connectivity index (χ1) is 14.9. The molecular weight excluding hydrogens is 404 g/mol. The van der Waals surface area contributed by atoms with Crippen molar-refractivity contribution in [2.75, 3.05) is 19.8 Å². The summed E-state index contributed by atoms with van der Waals surface area (Å²) >= 11 is 0. The summed E-state index contributed by atoms with van der Waals surface area (Å²) in [5.41, 5.74) is 0.183. The maximum absolute atomic E-state index is 12.3. The van der Waals surface area contributed by atoms with Crippen LogP contribution in [0.2, 0.25) is 0 Å². The molecule has 0 saturated heterocycles. The Morgan fingerprint density at radius 3 is 2.06 bits per heavy atom. The predicted octanol–water partition coefficient (Wildman–Crippen LogP) is 2.86. The minimum Gasteiger partial charge on any atom is -0.493 e. The van der Waals surface area contributed by atoms with Gasteiger partial charge < -0.3 is 24.1 Å². The number of hydrogen-bond donors (Lipinski definition) is 1. The van der Waals surface area contributed by atoms with E-state index in [1.165, 1.54) is 24.3 Å². The van der Waals surface area contributed by atoms with Gasteiger partial charge in [-0.1, -0.05) is 13.2 Å². The fraction of sp³-hybridized carbons (Fsp3) is 0.174. The number of ether oxygens (including phenoxy) is 4. The first kappa shape index (κ1) is 23.4. The van der Waals surface area contributed by atoms with Gasteiger partial charge in [0.1, 0.15) is 17.2 Å². The van der Waals surface area contributed by atoms with Gasteiger partial charge in [0.2, 0.25) is 0 Å². The molecule has 31 heavy (non-hydrogen) atoms. The Labute approximate surface area is 179 Å². The number of rotatable bonds is 11. The fourth-order valence-corrected chi connectivity index (χ4v) is 2.15. The van der Waals surface area contributed by atoms with E-state index in [9.17, 15) is 14.4 Å². The van der Waals surface area contributed by atoms with Crippen molar-refractivity contribution in [3.63, 3.8) is 0 Å². The van der Waals surface area contributed by atoms with E-state index in [1.54, 1.807) is 24.3 Å². The van der Waals surface area contributed by atoms with Crippen LogP contribution in [0.1, 0.15) is 16.8 Å². The molecule has 0 aliphatic heterocycles. The van der Waals surface area contributed by atoms with Gasteiger partial charge in [0, 0.05) is 12.5 Å². The molecule has 2 aromatic carbocycles. The van der Waals surface area contributed by atoms with Crippen molar-refractivity contribution in [3.05, 3.63) is 78.9 Å². The van der Waals surface area contributed by atoms with Gasteiger partial charge in [0.25, 0.3) is 0 Å². The van der Waals surface area contributed by atoms with Crippen LogP contribution in [0.4, 0.5) is 0 Å². The van der Waals surface area contributed by atoms with Gasteiger partial charge in [-0.3, -0.25) is 0 Å². The van der Waals surface area contributed by atoms with Gasteiger partial charge in [-0.15, -0.1) is 0 Å². The SMILES string of the molecule is C=CC(=O)OCCCOc1ccc(OC(=O)c2ccc(OC(=O)C(=C)CO)cc2)cc1. The summed E-state index contributed by atoms with van der Waals surface area (Å²) < 4.78 is 20.7. The van der Waals surface area contributed by atoms with Crippen LogP contribution < -0.4 is 14.2 Å². The standard InChI is InChI=1S/C23H22O8/c1-3-21(25)29-14-4-13-28-18-9-11-20(12-10-18)31-23(27)17-5-7-19(8-6-17)30-22(26)16(2)15-24/h3,5-12,24H,1-2,4,13-15H2.